The number of unbranched alkanes of at least 4 members (excludes halogenated alkanes) is 3. The maximum Gasteiger partial charge on any atom is 0.229 e. The van der Waals surface area contributed by atoms with Crippen molar-refractivity contribution in [3.63, 3.8) is 0 Å². The van der Waals surface area contributed by atoms with Gasteiger partial charge in [0.05, 0.1) is 5.75 Å². The lowest BCUT2D eigenvalue weighted by atomic mass is 10.2. The molecule has 0 aliphatic heterocycles. The minimum Gasteiger partial charge on any atom is -0.355 e. The molecular weight excluding hydrogens is 194 g/mol. The second-order valence-electron chi connectivity index (χ2n) is 3.46. The van der Waals surface area contributed by atoms with Crippen LogP contribution >= 0.6 is 11.8 Å². The van der Waals surface area contributed by atoms with Gasteiger partial charge in [0.1, 0.15) is 0 Å². The van der Waals surface area contributed by atoms with Crippen molar-refractivity contribution in [2.45, 2.75) is 46.0 Å². The summed E-state index contributed by atoms with van der Waals surface area (Å²) in [6.07, 6.45) is 5.96. The first-order chi connectivity index (χ1) is 6.81. The molecular formula is C11H23NOS. The Morgan fingerprint density at radius 2 is 1.86 bits per heavy atom. The van der Waals surface area contributed by atoms with Crippen LogP contribution < -0.4 is 5.32 Å². The third-order valence-electron chi connectivity index (χ3n) is 1.98. The summed E-state index contributed by atoms with van der Waals surface area (Å²) in [4.78, 5) is 11.2. The summed E-state index contributed by atoms with van der Waals surface area (Å²) in [5.74, 6) is 1.94. The second-order valence-corrected chi connectivity index (χ2v) is 4.57. The summed E-state index contributed by atoms with van der Waals surface area (Å²) < 4.78 is 0. The molecule has 0 aromatic rings. The van der Waals surface area contributed by atoms with Gasteiger partial charge in [0.15, 0.2) is 0 Å². The molecule has 84 valence electrons. The van der Waals surface area contributed by atoms with E-state index in [-0.39, 0.29) is 5.91 Å². The Morgan fingerprint density at radius 1 is 1.14 bits per heavy atom. The molecule has 1 amide bonds. The summed E-state index contributed by atoms with van der Waals surface area (Å²) in [5.41, 5.74) is 0. The molecule has 0 fully saturated rings. The van der Waals surface area contributed by atoms with Gasteiger partial charge in [-0.05, 0) is 18.6 Å². The van der Waals surface area contributed by atoms with Crippen LogP contribution in [0.3, 0.4) is 0 Å². The highest BCUT2D eigenvalue weighted by molar-refractivity contribution is 7.99. The molecule has 0 rings (SSSR count). The number of nitrogens with one attached hydrogen (secondary N) is 1. The maximum atomic E-state index is 11.2. The third kappa shape index (κ3) is 9.90. The van der Waals surface area contributed by atoms with E-state index in [2.05, 4.69) is 19.2 Å². The van der Waals surface area contributed by atoms with Gasteiger partial charge in [0.2, 0.25) is 5.91 Å². The summed E-state index contributed by atoms with van der Waals surface area (Å²) in [7, 11) is 0. The zero-order chi connectivity index (χ0) is 10.6. The SMILES string of the molecule is CCCCCNC(=O)CSCCCC. The van der Waals surface area contributed by atoms with E-state index in [4.69, 9.17) is 0 Å². The minimum absolute atomic E-state index is 0.196. The molecule has 14 heavy (non-hydrogen) atoms. The van der Waals surface area contributed by atoms with Crippen LogP contribution in [0, 0.1) is 0 Å². The molecule has 0 unspecified atom stereocenters. The van der Waals surface area contributed by atoms with E-state index in [1.165, 1.54) is 25.7 Å². The van der Waals surface area contributed by atoms with Gasteiger partial charge in [-0.1, -0.05) is 33.1 Å². The molecule has 0 saturated carbocycles. The van der Waals surface area contributed by atoms with Crippen molar-refractivity contribution in [3.8, 4) is 0 Å². The molecule has 0 saturated heterocycles. The number of carbonyl (C=O) groups excluding carboxylic acids is 1. The lowest BCUT2D eigenvalue weighted by Gasteiger charge is -2.03. The van der Waals surface area contributed by atoms with Crippen LogP contribution in [0.25, 0.3) is 0 Å². The zero-order valence-electron chi connectivity index (χ0n) is 9.47. The monoisotopic (exact) mass is 217 g/mol. The molecule has 0 aliphatic rings. The van der Waals surface area contributed by atoms with Gasteiger partial charge < -0.3 is 5.32 Å². The van der Waals surface area contributed by atoms with Gasteiger partial charge in [-0.3, -0.25) is 4.79 Å². The first-order valence-corrected chi connectivity index (χ1v) is 6.81. The number of amides is 1. The average Bonchev–Trinajstić information content (AvgIpc) is 2.19. The topological polar surface area (TPSA) is 29.1 Å². The van der Waals surface area contributed by atoms with Crippen LogP contribution in [-0.4, -0.2) is 24.0 Å². The van der Waals surface area contributed by atoms with E-state index in [1.807, 2.05) is 0 Å². The molecule has 2 nitrogen and oxygen atoms in total. The van der Waals surface area contributed by atoms with Crippen LogP contribution in [-0.2, 0) is 4.79 Å². The lowest BCUT2D eigenvalue weighted by Crippen LogP contribution is -2.26. The Morgan fingerprint density at radius 3 is 2.50 bits per heavy atom. The van der Waals surface area contributed by atoms with Crippen LogP contribution in [0.15, 0.2) is 0 Å². The number of thioether (sulfide) groups is 1. The normalized spacial score (nSPS) is 10.1. The fraction of sp³-hybridized carbons (Fsp3) is 0.909. The Kier molecular flexibility index (Phi) is 10.8. The molecule has 1 N–H and O–H groups in total. The molecule has 0 bridgehead atoms. The van der Waals surface area contributed by atoms with Crippen molar-refractivity contribution < 1.29 is 4.79 Å². The minimum atomic E-state index is 0.196. The third-order valence-corrected chi connectivity index (χ3v) is 3.02. The maximum absolute atomic E-state index is 11.2. The van der Waals surface area contributed by atoms with E-state index in [0.29, 0.717) is 5.75 Å². The predicted octanol–water partition coefficient (Wildman–Crippen LogP) is 2.83. The number of hydrogen-bond acceptors (Lipinski definition) is 2. The van der Waals surface area contributed by atoms with Gasteiger partial charge >= 0.3 is 0 Å². The highest BCUT2D eigenvalue weighted by Gasteiger charge is 1.99. The fourth-order valence-corrected chi connectivity index (χ4v) is 1.99. The smallest absolute Gasteiger partial charge is 0.229 e. The molecule has 0 radical (unpaired) electrons. The van der Waals surface area contributed by atoms with Crippen LogP contribution in [0.4, 0.5) is 0 Å². The molecule has 0 spiro atoms. The fourth-order valence-electron chi connectivity index (χ4n) is 1.07. The Labute approximate surface area is 92.2 Å². The summed E-state index contributed by atoms with van der Waals surface area (Å²) in [6.45, 7) is 5.19. The van der Waals surface area contributed by atoms with Crippen LogP contribution in [0.1, 0.15) is 46.0 Å². The quantitative estimate of drug-likeness (QED) is 0.602. The van der Waals surface area contributed by atoms with Gasteiger partial charge in [-0.15, -0.1) is 0 Å². The van der Waals surface area contributed by atoms with Crippen molar-refractivity contribution in [1.82, 2.24) is 5.32 Å². The van der Waals surface area contributed by atoms with E-state index in [1.54, 1.807) is 11.8 Å². The standard InChI is InChI=1S/C11H23NOS/c1-3-5-7-8-12-11(13)10-14-9-6-4-2/h3-10H2,1-2H3,(H,12,13). The van der Waals surface area contributed by atoms with Crippen LogP contribution in [0.2, 0.25) is 0 Å². The second kappa shape index (κ2) is 10.9. The van der Waals surface area contributed by atoms with Crippen molar-refractivity contribution in [1.29, 1.82) is 0 Å². The van der Waals surface area contributed by atoms with Crippen LogP contribution in [0.5, 0.6) is 0 Å². The Hall–Kier alpha value is -0.180. The van der Waals surface area contributed by atoms with E-state index >= 15 is 0 Å². The Bertz CT molecular complexity index is 125. The number of carbonyl (C=O) groups is 1. The van der Waals surface area contributed by atoms with E-state index in [9.17, 15) is 4.79 Å². The van der Waals surface area contributed by atoms with Gasteiger partial charge in [-0.2, -0.15) is 11.8 Å². The lowest BCUT2D eigenvalue weighted by molar-refractivity contribution is -0.118. The summed E-state index contributed by atoms with van der Waals surface area (Å²) >= 11 is 1.74. The Balaban J connectivity index is 3.11. The van der Waals surface area contributed by atoms with Crippen molar-refractivity contribution >= 4 is 17.7 Å². The van der Waals surface area contributed by atoms with Crippen molar-refractivity contribution in [3.05, 3.63) is 0 Å². The van der Waals surface area contributed by atoms with Crippen molar-refractivity contribution in [2.24, 2.45) is 0 Å². The first kappa shape index (κ1) is 13.8. The van der Waals surface area contributed by atoms with E-state index in [0.717, 1.165) is 18.7 Å². The van der Waals surface area contributed by atoms with E-state index < -0.39 is 0 Å². The summed E-state index contributed by atoms with van der Waals surface area (Å²) in [5, 5.41) is 2.93. The molecule has 3 heteroatoms. The van der Waals surface area contributed by atoms with Crippen molar-refractivity contribution in [2.75, 3.05) is 18.1 Å². The molecule has 0 aromatic heterocycles. The van der Waals surface area contributed by atoms with Gasteiger partial charge in [-0.25, -0.2) is 0 Å². The molecule has 0 atom stereocenters. The molecule has 0 heterocycles. The average molecular weight is 217 g/mol. The molecule has 0 aromatic carbocycles. The van der Waals surface area contributed by atoms with Gasteiger partial charge in [0.25, 0.3) is 0 Å². The number of hydrogen-bond donors (Lipinski definition) is 1. The largest absolute Gasteiger partial charge is 0.355 e. The highest BCUT2D eigenvalue weighted by atomic mass is 32.2. The molecule has 0 aliphatic carbocycles. The first-order valence-electron chi connectivity index (χ1n) is 5.65. The summed E-state index contributed by atoms with van der Waals surface area (Å²) in [6, 6.07) is 0. The zero-order valence-corrected chi connectivity index (χ0v) is 10.3. The van der Waals surface area contributed by atoms with Gasteiger partial charge in [0, 0.05) is 6.54 Å². The highest BCUT2D eigenvalue weighted by Crippen LogP contribution is 2.03. The predicted molar refractivity (Wildman–Crippen MR) is 64.8 cm³/mol. The number of rotatable bonds is 9.